The highest BCUT2D eigenvalue weighted by atomic mass is 28.4. The van der Waals surface area contributed by atoms with Crippen LogP contribution in [0.25, 0.3) is 0 Å². The Balaban J connectivity index is 1.91. The standard InChI is InChI=1S/C14H29NO3Si/c1-13(2,3)19(6,7)16-9-10-12-11(8-15-10)17-14(4,5)18-12/h10-12,15H,8-9H2,1-7H3/t10-,11+,12-/m0/s1. The van der Waals surface area contributed by atoms with Crippen LogP contribution in [0.1, 0.15) is 34.6 Å². The number of fused-ring (bicyclic) bond motifs is 1. The van der Waals surface area contributed by atoms with E-state index in [0.29, 0.717) is 0 Å². The van der Waals surface area contributed by atoms with Gasteiger partial charge in [-0.15, -0.1) is 0 Å². The molecule has 0 unspecified atom stereocenters. The van der Waals surface area contributed by atoms with Gasteiger partial charge < -0.3 is 19.2 Å². The van der Waals surface area contributed by atoms with E-state index < -0.39 is 14.1 Å². The van der Waals surface area contributed by atoms with Gasteiger partial charge in [-0.2, -0.15) is 0 Å². The van der Waals surface area contributed by atoms with E-state index in [-0.39, 0.29) is 23.3 Å². The summed E-state index contributed by atoms with van der Waals surface area (Å²) >= 11 is 0. The second-order valence-electron chi connectivity index (χ2n) is 7.72. The number of rotatable bonds is 3. The largest absolute Gasteiger partial charge is 0.415 e. The molecule has 2 heterocycles. The van der Waals surface area contributed by atoms with E-state index in [1.165, 1.54) is 0 Å². The minimum absolute atomic E-state index is 0.125. The first kappa shape index (κ1) is 15.4. The molecule has 2 aliphatic rings. The van der Waals surface area contributed by atoms with Crippen LogP contribution < -0.4 is 5.32 Å². The van der Waals surface area contributed by atoms with E-state index >= 15 is 0 Å². The van der Waals surface area contributed by atoms with Gasteiger partial charge in [0.05, 0.1) is 12.6 Å². The van der Waals surface area contributed by atoms with E-state index in [9.17, 15) is 0 Å². The summed E-state index contributed by atoms with van der Waals surface area (Å²) in [5.74, 6) is -0.452. The van der Waals surface area contributed by atoms with Crippen LogP contribution in [0.4, 0.5) is 0 Å². The number of hydrogen-bond acceptors (Lipinski definition) is 4. The molecule has 0 spiro atoms. The second-order valence-corrected chi connectivity index (χ2v) is 12.5. The van der Waals surface area contributed by atoms with Crippen LogP contribution in [0.3, 0.4) is 0 Å². The van der Waals surface area contributed by atoms with Gasteiger partial charge in [0.1, 0.15) is 12.2 Å². The Bertz CT molecular complexity index is 338. The van der Waals surface area contributed by atoms with Crippen molar-refractivity contribution >= 4 is 8.32 Å². The predicted molar refractivity (Wildman–Crippen MR) is 78.8 cm³/mol. The number of ether oxygens (including phenoxy) is 2. The molecule has 0 radical (unpaired) electrons. The SMILES string of the molecule is CC1(C)O[C@H]2[C@H](CO[Si](C)(C)C(C)(C)C)NC[C@H]2O1. The first-order valence-corrected chi connectivity index (χ1v) is 10.2. The first-order chi connectivity index (χ1) is 8.52. The average Bonchev–Trinajstić information content (AvgIpc) is 2.68. The summed E-state index contributed by atoms with van der Waals surface area (Å²) in [6.45, 7) is 16.9. The van der Waals surface area contributed by atoms with Crippen LogP contribution in [-0.2, 0) is 13.9 Å². The lowest BCUT2D eigenvalue weighted by Gasteiger charge is -2.37. The fourth-order valence-electron chi connectivity index (χ4n) is 2.41. The van der Waals surface area contributed by atoms with E-state index in [0.717, 1.165) is 13.2 Å². The maximum absolute atomic E-state index is 6.30. The van der Waals surface area contributed by atoms with Gasteiger partial charge in [0, 0.05) is 6.54 Å². The Morgan fingerprint density at radius 1 is 1.26 bits per heavy atom. The summed E-state index contributed by atoms with van der Waals surface area (Å²) in [4.78, 5) is 0. The van der Waals surface area contributed by atoms with Gasteiger partial charge in [0.15, 0.2) is 14.1 Å². The maximum Gasteiger partial charge on any atom is 0.192 e. The third-order valence-electron chi connectivity index (χ3n) is 4.63. The molecule has 5 heteroatoms. The highest BCUT2D eigenvalue weighted by Crippen LogP contribution is 2.38. The van der Waals surface area contributed by atoms with Gasteiger partial charge in [-0.3, -0.25) is 0 Å². The molecule has 0 aromatic heterocycles. The molecule has 0 amide bonds. The predicted octanol–water partition coefficient (Wildman–Crippen LogP) is 2.50. The molecule has 4 nitrogen and oxygen atoms in total. The van der Waals surface area contributed by atoms with Crippen molar-refractivity contribution in [2.24, 2.45) is 0 Å². The van der Waals surface area contributed by atoms with Crippen LogP contribution in [-0.4, -0.2) is 45.5 Å². The second kappa shape index (κ2) is 4.81. The molecule has 0 aromatic carbocycles. The Hall–Kier alpha value is 0.0569. The van der Waals surface area contributed by atoms with Crippen molar-refractivity contribution in [3.8, 4) is 0 Å². The van der Waals surface area contributed by atoms with Crippen molar-refractivity contribution in [1.29, 1.82) is 0 Å². The van der Waals surface area contributed by atoms with Crippen molar-refractivity contribution in [3.05, 3.63) is 0 Å². The molecule has 2 aliphatic heterocycles. The van der Waals surface area contributed by atoms with Crippen molar-refractivity contribution in [2.75, 3.05) is 13.2 Å². The lowest BCUT2D eigenvalue weighted by Crippen LogP contribution is -2.46. The summed E-state index contributed by atoms with van der Waals surface area (Å²) in [6.07, 6.45) is 0.294. The highest BCUT2D eigenvalue weighted by Gasteiger charge is 2.49. The molecule has 0 aliphatic carbocycles. The molecule has 0 saturated carbocycles. The van der Waals surface area contributed by atoms with Gasteiger partial charge in [-0.05, 0) is 32.0 Å². The smallest absolute Gasteiger partial charge is 0.192 e. The van der Waals surface area contributed by atoms with E-state index in [1.807, 2.05) is 13.8 Å². The Morgan fingerprint density at radius 3 is 2.47 bits per heavy atom. The van der Waals surface area contributed by atoms with Crippen LogP contribution >= 0.6 is 0 Å². The van der Waals surface area contributed by atoms with E-state index in [1.54, 1.807) is 0 Å². The minimum Gasteiger partial charge on any atom is -0.415 e. The summed E-state index contributed by atoms with van der Waals surface area (Å²) in [5.41, 5.74) is 0. The fourth-order valence-corrected chi connectivity index (χ4v) is 3.44. The zero-order valence-corrected chi connectivity index (χ0v) is 14.4. The first-order valence-electron chi connectivity index (χ1n) is 7.25. The highest BCUT2D eigenvalue weighted by molar-refractivity contribution is 6.74. The normalized spacial score (nSPS) is 34.6. The maximum atomic E-state index is 6.30. The van der Waals surface area contributed by atoms with Crippen LogP contribution in [0.2, 0.25) is 18.1 Å². The number of nitrogens with one attached hydrogen (secondary N) is 1. The minimum atomic E-state index is -1.69. The molecule has 112 valence electrons. The molecule has 0 aromatic rings. The van der Waals surface area contributed by atoms with Crippen molar-refractivity contribution in [1.82, 2.24) is 5.32 Å². The Labute approximate surface area is 118 Å². The molecular weight excluding hydrogens is 258 g/mol. The van der Waals surface area contributed by atoms with Gasteiger partial charge in [-0.1, -0.05) is 20.8 Å². The quantitative estimate of drug-likeness (QED) is 0.810. The average molecular weight is 287 g/mol. The van der Waals surface area contributed by atoms with Gasteiger partial charge in [0.25, 0.3) is 0 Å². The van der Waals surface area contributed by atoms with Gasteiger partial charge in [-0.25, -0.2) is 0 Å². The fraction of sp³-hybridized carbons (Fsp3) is 1.00. The van der Waals surface area contributed by atoms with Gasteiger partial charge in [0.2, 0.25) is 0 Å². The van der Waals surface area contributed by atoms with Crippen LogP contribution in [0, 0.1) is 0 Å². The zero-order chi connectivity index (χ0) is 14.5. The summed E-state index contributed by atoms with van der Waals surface area (Å²) in [5, 5.41) is 3.71. The molecule has 2 saturated heterocycles. The third kappa shape index (κ3) is 3.21. The summed E-state index contributed by atoms with van der Waals surface area (Å²) in [6, 6.07) is 0.251. The van der Waals surface area contributed by atoms with Crippen molar-refractivity contribution < 1.29 is 13.9 Å². The zero-order valence-electron chi connectivity index (χ0n) is 13.4. The topological polar surface area (TPSA) is 39.7 Å². The molecule has 0 bridgehead atoms. The Morgan fingerprint density at radius 2 is 1.89 bits per heavy atom. The Kier molecular flexibility index (Phi) is 3.91. The third-order valence-corrected chi connectivity index (χ3v) is 9.13. The number of hydrogen-bond donors (Lipinski definition) is 1. The summed E-state index contributed by atoms with van der Waals surface area (Å²) < 4.78 is 18.2. The van der Waals surface area contributed by atoms with E-state index in [4.69, 9.17) is 13.9 Å². The molecule has 2 rings (SSSR count). The van der Waals surface area contributed by atoms with E-state index in [2.05, 4.69) is 39.2 Å². The van der Waals surface area contributed by atoms with Crippen LogP contribution in [0.15, 0.2) is 0 Å². The lowest BCUT2D eigenvalue weighted by atomic mass is 10.1. The molecule has 19 heavy (non-hydrogen) atoms. The monoisotopic (exact) mass is 287 g/mol. The molecule has 3 atom stereocenters. The van der Waals surface area contributed by atoms with Crippen LogP contribution in [0.5, 0.6) is 0 Å². The van der Waals surface area contributed by atoms with Crippen molar-refractivity contribution in [3.63, 3.8) is 0 Å². The van der Waals surface area contributed by atoms with Crippen molar-refractivity contribution in [2.45, 2.75) is 76.8 Å². The molecule has 1 N–H and O–H groups in total. The lowest BCUT2D eigenvalue weighted by molar-refractivity contribution is -0.153. The molecular formula is C14H29NO3Si. The van der Waals surface area contributed by atoms with Gasteiger partial charge >= 0.3 is 0 Å². The molecule has 2 fully saturated rings. The summed E-state index contributed by atoms with van der Waals surface area (Å²) in [7, 11) is -1.69.